The van der Waals surface area contributed by atoms with Gasteiger partial charge in [0.1, 0.15) is 30.5 Å². The Kier molecular flexibility index (Phi) is 40.8. The van der Waals surface area contributed by atoms with Gasteiger partial charge in [-0.15, -0.1) is 0 Å². The van der Waals surface area contributed by atoms with Crippen LogP contribution in [0.3, 0.4) is 0 Å². The molecule has 0 aromatic carbocycles. The van der Waals surface area contributed by atoms with Gasteiger partial charge in [-0.05, 0) is 64.2 Å². The molecule has 6 unspecified atom stereocenters. The van der Waals surface area contributed by atoms with E-state index in [1.807, 2.05) is 0 Å². The molecule has 0 radical (unpaired) electrons. The lowest BCUT2D eigenvalue weighted by Crippen LogP contribution is -2.59. The van der Waals surface area contributed by atoms with Gasteiger partial charge in [0, 0.05) is 13.0 Å². The molecule has 4 N–H and O–H groups in total. The lowest BCUT2D eigenvalue weighted by atomic mass is 9.99. The number of carbonyl (C=O) groups excluding carboxylic acids is 1. The summed E-state index contributed by atoms with van der Waals surface area (Å²) in [5, 5.41) is 40.2. The van der Waals surface area contributed by atoms with Gasteiger partial charge in [0.15, 0.2) is 6.29 Å². The SMILES string of the molecule is CC/C=C\C/C=C\C/C=C\C/C=C\C/C=C\C/C=C\CCCCCCCOCC(COC1OC(CO)C(O)C(O)C1O)OC(=O)CCCCCCCCCCCCCCCCC. The highest BCUT2D eigenvalue weighted by Crippen LogP contribution is 2.23. The number of unbranched alkanes of at least 4 members (excludes halogenated alkanes) is 19. The van der Waals surface area contributed by atoms with Crippen molar-refractivity contribution in [2.75, 3.05) is 26.4 Å². The number of esters is 1. The molecule has 9 heteroatoms. The van der Waals surface area contributed by atoms with E-state index in [9.17, 15) is 25.2 Å². The number of ether oxygens (including phenoxy) is 4. The smallest absolute Gasteiger partial charge is 0.306 e. The van der Waals surface area contributed by atoms with Crippen LogP contribution in [-0.2, 0) is 23.7 Å². The fourth-order valence-electron chi connectivity index (χ4n) is 7.26. The highest BCUT2D eigenvalue weighted by atomic mass is 16.7. The highest BCUT2D eigenvalue weighted by molar-refractivity contribution is 5.69. The van der Waals surface area contributed by atoms with Crippen molar-refractivity contribution >= 4 is 5.97 Å². The van der Waals surface area contributed by atoms with E-state index in [1.54, 1.807) is 0 Å². The van der Waals surface area contributed by atoms with Crippen LogP contribution in [0.4, 0.5) is 0 Å². The topological polar surface area (TPSA) is 135 Å². The van der Waals surface area contributed by atoms with Crippen LogP contribution in [0.2, 0.25) is 0 Å². The first-order valence-electron chi connectivity index (χ1n) is 25.0. The van der Waals surface area contributed by atoms with Crippen molar-refractivity contribution in [1.29, 1.82) is 0 Å². The first kappa shape index (κ1) is 57.6. The standard InChI is InChI=1S/C53H92O9/c1-3-5-7-9-11-13-15-17-19-20-21-22-23-24-25-26-27-29-31-33-35-37-39-41-43-59-45-47(46-60-53-52(58)51(57)50(56)48(44-54)62-53)61-49(55)42-40-38-36-34-32-30-28-18-16-14-12-10-8-6-4-2/h5,7,11,13,17,19,21-22,24-25,27,29,47-48,50-54,56-58H,3-4,6,8-10,12,14-16,18,20,23,26,28,30-46H2,1-2H3/b7-5-,13-11-,19-17-,22-21-,25-24-,29-27-. The maximum Gasteiger partial charge on any atom is 0.306 e. The van der Waals surface area contributed by atoms with E-state index in [2.05, 4.69) is 86.8 Å². The molecule has 1 aliphatic rings. The Labute approximate surface area is 378 Å². The summed E-state index contributed by atoms with van der Waals surface area (Å²) in [4.78, 5) is 12.8. The first-order valence-corrected chi connectivity index (χ1v) is 25.0. The quantitative estimate of drug-likeness (QED) is 0.0269. The second-order valence-corrected chi connectivity index (χ2v) is 16.9. The van der Waals surface area contributed by atoms with Crippen molar-refractivity contribution in [2.24, 2.45) is 0 Å². The summed E-state index contributed by atoms with van der Waals surface area (Å²) in [5.74, 6) is -0.322. The van der Waals surface area contributed by atoms with Gasteiger partial charge in [-0.1, -0.05) is 196 Å². The van der Waals surface area contributed by atoms with E-state index >= 15 is 0 Å². The zero-order chi connectivity index (χ0) is 45.0. The van der Waals surface area contributed by atoms with Crippen LogP contribution < -0.4 is 0 Å². The number of hydrogen-bond donors (Lipinski definition) is 4. The van der Waals surface area contributed by atoms with Crippen molar-refractivity contribution in [2.45, 2.75) is 230 Å². The Hall–Kier alpha value is -2.37. The van der Waals surface area contributed by atoms with Crippen molar-refractivity contribution < 1.29 is 44.2 Å². The molecule has 1 saturated heterocycles. The van der Waals surface area contributed by atoms with Gasteiger partial charge in [0.2, 0.25) is 0 Å². The Morgan fingerprint density at radius 3 is 1.48 bits per heavy atom. The second-order valence-electron chi connectivity index (χ2n) is 16.9. The van der Waals surface area contributed by atoms with Crippen LogP contribution >= 0.6 is 0 Å². The molecule has 1 heterocycles. The number of carbonyl (C=O) groups is 1. The van der Waals surface area contributed by atoms with E-state index in [-0.39, 0.29) is 19.2 Å². The highest BCUT2D eigenvalue weighted by Gasteiger charge is 2.44. The lowest BCUT2D eigenvalue weighted by molar-refractivity contribution is -0.305. The van der Waals surface area contributed by atoms with E-state index in [0.29, 0.717) is 13.0 Å². The summed E-state index contributed by atoms with van der Waals surface area (Å²) in [5.41, 5.74) is 0. The number of hydrogen-bond acceptors (Lipinski definition) is 9. The molecule has 1 fully saturated rings. The normalized spacial score (nSPS) is 20.4. The van der Waals surface area contributed by atoms with Gasteiger partial charge < -0.3 is 39.4 Å². The molecule has 9 nitrogen and oxygen atoms in total. The van der Waals surface area contributed by atoms with Gasteiger partial charge in [0.05, 0.1) is 19.8 Å². The molecule has 1 aliphatic heterocycles. The van der Waals surface area contributed by atoms with Crippen LogP contribution in [0.1, 0.15) is 194 Å². The Morgan fingerprint density at radius 2 is 0.984 bits per heavy atom. The summed E-state index contributed by atoms with van der Waals surface area (Å²) in [7, 11) is 0. The van der Waals surface area contributed by atoms with Gasteiger partial charge in [-0.3, -0.25) is 4.79 Å². The molecule has 0 spiro atoms. The summed E-state index contributed by atoms with van der Waals surface area (Å²) in [6.07, 6.45) is 50.7. The summed E-state index contributed by atoms with van der Waals surface area (Å²) in [6.45, 7) is 4.40. The van der Waals surface area contributed by atoms with Crippen LogP contribution in [0.5, 0.6) is 0 Å². The van der Waals surface area contributed by atoms with Gasteiger partial charge >= 0.3 is 5.97 Å². The fraction of sp³-hybridized carbons (Fsp3) is 0.755. The lowest BCUT2D eigenvalue weighted by Gasteiger charge is -2.39. The monoisotopic (exact) mass is 873 g/mol. The van der Waals surface area contributed by atoms with Gasteiger partial charge in [0.25, 0.3) is 0 Å². The van der Waals surface area contributed by atoms with E-state index < -0.39 is 43.4 Å². The van der Waals surface area contributed by atoms with Gasteiger partial charge in [-0.2, -0.15) is 0 Å². The second kappa shape index (κ2) is 43.9. The number of aliphatic hydroxyl groups excluding tert-OH is 4. The van der Waals surface area contributed by atoms with Gasteiger partial charge in [-0.25, -0.2) is 0 Å². The third-order valence-corrected chi connectivity index (χ3v) is 11.1. The number of aliphatic hydroxyl groups is 4. The average Bonchev–Trinajstić information content (AvgIpc) is 3.27. The zero-order valence-corrected chi connectivity index (χ0v) is 39.3. The minimum Gasteiger partial charge on any atom is -0.457 e. The average molecular weight is 873 g/mol. The minimum atomic E-state index is -1.54. The molecule has 0 bridgehead atoms. The molecule has 0 saturated carbocycles. The predicted octanol–water partition coefficient (Wildman–Crippen LogP) is 12.0. The van der Waals surface area contributed by atoms with Crippen LogP contribution in [0.25, 0.3) is 0 Å². The van der Waals surface area contributed by atoms with Crippen molar-refractivity contribution in [3.63, 3.8) is 0 Å². The molecule has 62 heavy (non-hydrogen) atoms. The Bertz CT molecular complexity index is 1180. The van der Waals surface area contributed by atoms with E-state index in [0.717, 1.165) is 89.9 Å². The molecule has 0 amide bonds. The molecule has 0 aromatic heterocycles. The molecular weight excluding hydrogens is 781 g/mol. The summed E-state index contributed by atoms with van der Waals surface area (Å²) < 4.78 is 22.9. The third kappa shape index (κ3) is 34.1. The molecular formula is C53H92O9. The fourth-order valence-corrected chi connectivity index (χ4v) is 7.26. The molecule has 0 aliphatic carbocycles. The molecule has 358 valence electrons. The van der Waals surface area contributed by atoms with Crippen LogP contribution in [0, 0.1) is 0 Å². The largest absolute Gasteiger partial charge is 0.457 e. The van der Waals surface area contributed by atoms with E-state index in [4.69, 9.17) is 18.9 Å². The van der Waals surface area contributed by atoms with Crippen LogP contribution in [0.15, 0.2) is 72.9 Å². The van der Waals surface area contributed by atoms with E-state index in [1.165, 1.54) is 83.5 Å². The first-order chi connectivity index (χ1) is 30.4. The predicted molar refractivity (Wildman–Crippen MR) is 256 cm³/mol. The maximum atomic E-state index is 12.8. The zero-order valence-electron chi connectivity index (χ0n) is 39.3. The summed E-state index contributed by atoms with van der Waals surface area (Å²) >= 11 is 0. The number of allylic oxidation sites excluding steroid dienone is 12. The minimum absolute atomic E-state index is 0.123. The van der Waals surface area contributed by atoms with Crippen molar-refractivity contribution in [3.8, 4) is 0 Å². The number of rotatable bonds is 42. The molecule has 6 atom stereocenters. The molecule has 1 rings (SSSR count). The summed E-state index contributed by atoms with van der Waals surface area (Å²) in [6, 6.07) is 0. The Balaban J connectivity index is 2.24. The van der Waals surface area contributed by atoms with Crippen molar-refractivity contribution in [3.05, 3.63) is 72.9 Å². The molecule has 0 aromatic rings. The third-order valence-electron chi connectivity index (χ3n) is 11.1. The van der Waals surface area contributed by atoms with Crippen molar-refractivity contribution in [1.82, 2.24) is 0 Å². The maximum absolute atomic E-state index is 12.8. The Morgan fingerprint density at radius 1 is 0.532 bits per heavy atom. The van der Waals surface area contributed by atoms with Crippen LogP contribution in [-0.4, -0.2) is 89.6 Å².